The van der Waals surface area contributed by atoms with Crippen molar-refractivity contribution in [2.75, 3.05) is 9.80 Å². The second kappa shape index (κ2) is 16.9. The molecule has 342 valence electrons. The Bertz CT molecular complexity index is 3870. The van der Waals surface area contributed by atoms with Crippen molar-refractivity contribution in [1.82, 2.24) is 0 Å². The fourth-order valence-electron chi connectivity index (χ4n) is 11.2. The highest BCUT2D eigenvalue weighted by atomic mass is 16.3. The van der Waals surface area contributed by atoms with Crippen LogP contribution in [0.4, 0.5) is 34.1 Å². The van der Waals surface area contributed by atoms with Crippen LogP contribution in [-0.2, 0) is 10.8 Å². The Kier molecular flexibility index (Phi) is 10.8. The van der Waals surface area contributed by atoms with Crippen LogP contribution >= 0.6 is 0 Å². The molecule has 3 heterocycles. The van der Waals surface area contributed by atoms with E-state index in [1.807, 2.05) is 27.7 Å². The highest BCUT2D eigenvalue weighted by Crippen LogP contribution is 2.52. The van der Waals surface area contributed by atoms with Gasteiger partial charge < -0.3 is 18.6 Å². The van der Waals surface area contributed by atoms with Crippen molar-refractivity contribution in [1.29, 1.82) is 0 Å². The fraction of sp³-hybridized carbons (Fsp3) is 0.200. The Balaban J connectivity index is 0.00000127. The van der Waals surface area contributed by atoms with Crippen LogP contribution in [0, 0.1) is 0 Å². The van der Waals surface area contributed by atoms with Crippen LogP contribution in [0.2, 0.25) is 0 Å². The summed E-state index contributed by atoms with van der Waals surface area (Å²) in [5, 5.41) is 11.8. The molecule has 4 heteroatoms. The molecule has 4 bridgehead atoms. The number of anilines is 6. The Morgan fingerprint density at radius 1 is 0.493 bits per heavy atom. The molecule has 0 radical (unpaired) electrons. The Morgan fingerprint density at radius 3 is 1.83 bits per heavy atom. The summed E-state index contributed by atoms with van der Waals surface area (Å²) >= 11 is 0. The quantitative estimate of drug-likeness (QED) is 0.149. The van der Waals surface area contributed by atoms with Gasteiger partial charge in [0, 0.05) is 60.2 Å². The predicted octanol–water partition coefficient (Wildman–Crippen LogP) is 20.1. The van der Waals surface area contributed by atoms with Gasteiger partial charge in [0.05, 0.1) is 22.7 Å². The average Bonchev–Trinajstić information content (AvgIpc) is 4.00. The van der Waals surface area contributed by atoms with Gasteiger partial charge in [0.2, 0.25) is 0 Å². The van der Waals surface area contributed by atoms with Crippen molar-refractivity contribution < 1.29 is 8.83 Å². The van der Waals surface area contributed by atoms with Gasteiger partial charge in [0.15, 0.2) is 11.2 Å². The second-order valence-electron chi connectivity index (χ2n) is 18.9. The second-order valence-corrected chi connectivity index (χ2v) is 18.9. The minimum absolute atomic E-state index is 0.0380. The number of para-hydroxylation sites is 5. The lowest BCUT2D eigenvalue weighted by atomic mass is 9.73. The van der Waals surface area contributed by atoms with Gasteiger partial charge in [-0.3, -0.25) is 0 Å². The minimum atomic E-state index is -0.253. The van der Waals surface area contributed by atoms with E-state index >= 15 is 0 Å². The van der Waals surface area contributed by atoms with Crippen molar-refractivity contribution in [2.24, 2.45) is 0 Å². The van der Waals surface area contributed by atoms with Crippen LogP contribution in [0.1, 0.15) is 91.8 Å². The third kappa shape index (κ3) is 6.48. The molecule has 1 aliphatic rings. The molecule has 1 unspecified atom stereocenters. The first-order valence-electron chi connectivity index (χ1n) is 25.1. The number of furan rings is 2. The number of rotatable bonds is 7. The lowest BCUT2D eigenvalue weighted by Crippen LogP contribution is -2.23. The van der Waals surface area contributed by atoms with Gasteiger partial charge in [-0.2, -0.15) is 0 Å². The highest BCUT2D eigenvalue weighted by molar-refractivity contribution is 6.29. The van der Waals surface area contributed by atoms with Crippen molar-refractivity contribution in [2.45, 2.75) is 86.0 Å². The van der Waals surface area contributed by atoms with Crippen LogP contribution < -0.4 is 9.80 Å². The monoisotopic (exact) mass is 900 g/mol. The van der Waals surface area contributed by atoms with E-state index in [9.17, 15) is 0 Å². The normalized spacial score (nSPS) is 14.6. The maximum Gasteiger partial charge on any atom is 0.159 e. The molecule has 4 nitrogen and oxygen atoms in total. The summed E-state index contributed by atoms with van der Waals surface area (Å²) in [5.74, 6) is 0. The number of fused-ring (bicyclic) bond motifs is 6. The third-order valence-corrected chi connectivity index (χ3v) is 15.3. The topological polar surface area (TPSA) is 32.8 Å². The maximum atomic E-state index is 7.10. The molecule has 69 heavy (non-hydrogen) atoms. The maximum absolute atomic E-state index is 7.10. The minimum Gasteiger partial charge on any atom is -0.454 e. The van der Waals surface area contributed by atoms with Crippen LogP contribution in [0.15, 0.2) is 185 Å². The van der Waals surface area contributed by atoms with Crippen LogP contribution in [0.3, 0.4) is 0 Å². The standard InChI is InChI=1S/C61H48N2O2.2C2H6/c1-6-60(3,4)48-24-12-20-42-44-22-14-26-52(58(44)64-56(42)48)62(40-17-9-8-10-18-40)50-34-30-37-29-33-47-51(35-31-38-28-32-46(50)54(37)55(38)47)63-41-19-11-16-39(36-41)61(5,7-2)49-25-13-21-43-45-23-15-27-53(63)59(45)65-57(43)49;2*1-2/h8-36H,6-7H2,1-5H3;2*1-2H3. The molecule has 1 atom stereocenters. The van der Waals surface area contributed by atoms with Crippen LogP contribution in [-0.4, -0.2) is 0 Å². The lowest BCUT2D eigenvalue weighted by molar-refractivity contribution is 0.500. The zero-order valence-corrected chi connectivity index (χ0v) is 41.4. The molecule has 1 aliphatic heterocycles. The fourth-order valence-corrected chi connectivity index (χ4v) is 11.2. The number of hydrogen-bond donors (Lipinski definition) is 0. The first kappa shape index (κ1) is 44.0. The van der Waals surface area contributed by atoms with Crippen molar-refractivity contribution in [3.63, 3.8) is 0 Å². The lowest BCUT2D eigenvalue weighted by Gasteiger charge is -2.33. The highest BCUT2D eigenvalue weighted by Gasteiger charge is 2.34. The molecule has 2 aromatic heterocycles. The van der Waals surface area contributed by atoms with Crippen LogP contribution in [0.25, 0.3) is 76.2 Å². The van der Waals surface area contributed by atoms with Gasteiger partial charge in [-0.25, -0.2) is 0 Å². The molecule has 0 fully saturated rings. The van der Waals surface area contributed by atoms with Gasteiger partial charge in [-0.1, -0.05) is 190 Å². The van der Waals surface area contributed by atoms with E-state index in [-0.39, 0.29) is 10.8 Å². The Labute approximate surface area is 405 Å². The number of nitrogens with zero attached hydrogens (tertiary/aromatic N) is 2. The van der Waals surface area contributed by atoms with E-state index in [0.29, 0.717) is 0 Å². The summed E-state index contributed by atoms with van der Waals surface area (Å²) in [6.07, 6.45) is 1.94. The van der Waals surface area contributed by atoms with Gasteiger partial charge in [0.1, 0.15) is 11.2 Å². The van der Waals surface area contributed by atoms with Gasteiger partial charge in [-0.15, -0.1) is 0 Å². The third-order valence-electron chi connectivity index (χ3n) is 15.3. The van der Waals surface area contributed by atoms with Crippen molar-refractivity contribution >= 4 is 110 Å². The van der Waals surface area contributed by atoms with Gasteiger partial charge in [-0.05, 0) is 93.9 Å². The molecule has 0 saturated heterocycles. The van der Waals surface area contributed by atoms with Crippen molar-refractivity contribution in [3.05, 3.63) is 193 Å². The number of benzene rings is 10. The molecule has 0 aliphatic carbocycles. The first-order chi connectivity index (χ1) is 33.8. The molecule has 0 spiro atoms. The predicted molar refractivity (Wildman–Crippen MR) is 297 cm³/mol. The summed E-state index contributed by atoms with van der Waals surface area (Å²) in [6.45, 7) is 19.5. The Hall–Kier alpha value is -7.56. The Morgan fingerprint density at radius 2 is 1.09 bits per heavy atom. The molecule has 13 rings (SSSR count). The zero-order valence-electron chi connectivity index (χ0n) is 41.4. The molecule has 0 amide bonds. The van der Waals surface area contributed by atoms with E-state index in [1.54, 1.807) is 0 Å². The molecular weight excluding hydrogens is 841 g/mol. The number of hydrogen-bond acceptors (Lipinski definition) is 4. The molecule has 0 saturated carbocycles. The summed E-state index contributed by atoms with van der Waals surface area (Å²) < 4.78 is 14.2. The van der Waals surface area contributed by atoms with Crippen molar-refractivity contribution in [3.8, 4) is 0 Å². The summed E-state index contributed by atoms with van der Waals surface area (Å²) in [5.41, 5.74) is 13.6. The van der Waals surface area contributed by atoms with Gasteiger partial charge in [0.25, 0.3) is 0 Å². The molecule has 12 aromatic rings. The molecule has 10 aromatic carbocycles. The average molecular weight is 901 g/mol. The van der Waals surface area contributed by atoms with E-state index in [1.165, 1.54) is 49.0 Å². The van der Waals surface area contributed by atoms with E-state index < -0.39 is 0 Å². The summed E-state index contributed by atoms with van der Waals surface area (Å²) in [4.78, 5) is 4.84. The van der Waals surface area contributed by atoms with E-state index in [0.717, 1.165) is 90.8 Å². The van der Waals surface area contributed by atoms with E-state index in [4.69, 9.17) is 8.83 Å². The summed E-state index contributed by atoms with van der Waals surface area (Å²) in [7, 11) is 0. The van der Waals surface area contributed by atoms with Gasteiger partial charge >= 0.3 is 0 Å². The first-order valence-corrected chi connectivity index (χ1v) is 25.1. The SMILES string of the molecule is CC.CC.CCC(C)(C)c1cccc2c1oc1c(N(c3ccccc3)c3ccc4ccc5c(N6c7cccc(c7)C(C)(CC)c7cccc8c7oc7c6cccc78)ccc6ccc3c4c65)cccc12. The summed E-state index contributed by atoms with van der Waals surface area (Å²) in [6, 6.07) is 64.9. The molecule has 0 N–H and O–H groups in total. The van der Waals surface area contributed by atoms with Crippen LogP contribution in [0.5, 0.6) is 0 Å². The zero-order chi connectivity index (χ0) is 47.8. The molecular formula is C65H60N2O2. The largest absolute Gasteiger partial charge is 0.454 e. The smallest absolute Gasteiger partial charge is 0.159 e. The van der Waals surface area contributed by atoms with E-state index in [2.05, 4.69) is 220 Å².